The fourth-order valence-electron chi connectivity index (χ4n) is 2.14. The Morgan fingerprint density at radius 2 is 2.37 bits per heavy atom. The van der Waals surface area contributed by atoms with Gasteiger partial charge in [-0.2, -0.15) is 0 Å². The van der Waals surface area contributed by atoms with Crippen LogP contribution in [0.4, 0.5) is 10.2 Å². The average Bonchev–Trinajstić information content (AvgIpc) is 2.80. The number of fused-ring (bicyclic) bond motifs is 1. The maximum Gasteiger partial charge on any atom is 0.198 e. The lowest BCUT2D eigenvalue weighted by atomic mass is 9.83. The maximum atomic E-state index is 13.2. The molecule has 1 unspecified atom stereocenters. The van der Waals surface area contributed by atoms with Crippen LogP contribution in [0, 0.1) is 5.82 Å². The van der Waals surface area contributed by atoms with Gasteiger partial charge in [-0.3, -0.25) is 0 Å². The van der Waals surface area contributed by atoms with E-state index in [9.17, 15) is 9.50 Å². The Labute approximate surface area is 107 Å². The lowest BCUT2D eigenvalue weighted by Crippen LogP contribution is -2.30. The summed E-state index contributed by atoms with van der Waals surface area (Å²) in [5.74, 6) is -0.214. The van der Waals surface area contributed by atoms with Gasteiger partial charge in [0.1, 0.15) is 17.8 Å². The smallest absolute Gasteiger partial charge is 0.198 e. The molecular weight excluding hydrogens is 251 g/mol. The molecule has 1 aliphatic rings. The van der Waals surface area contributed by atoms with Crippen LogP contribution in [0.5, 0.6) is 0 Å². The molecule has 1 atom stereocenters. The molecule has 98 valence electrons. The third-order valence-corrected chi connectivity index (χ3v) is 3.14. The molecule has 7 heteroatoms. The molecule has 1 aliphatic carbocycles. The van der Waals surface area contributed by atoms with E-state index in [2.05, 4.69) is 20.3 Å². The van der Waals surface area contributed by atoms with Gasteiger partial charge in [-0.1, -0.05) is 6.07 Å². The highest BCUT2D eigenvalue weighted by molar-refractivity contribution is 5.68. The molecule has 0 fully saturated rings. The predicted molar refractivity (Wildman–Crippen MR) is 65.3 cm³/mol. The number of benzene rings is 1. The second-order valence-corrected chi connectivity index (χ2v) is 4.29. The fourth-order valence-corrected chi connectivity index (χ4v) is 2.14. The van der Waals surface area contributed by atoms with Crippen molar-refractivity contribution in [3.05, 3.63) is 47.1 Å². The van der Waals surface area contributed by atoms with Crippen molar-refractivity contribution in [3.63, 3.8) is 0 Å². The van der Waals surface area contributed by atoms with Crippen molar-refractivity contribution in [2.24, 2.45) is 0 Å². The minimum atomic E-state index is -0.289. The highest BCUT2D eigenvalue weighted by Gasteiger charge is 2.28. The molecule has 0 aliphatic heterocycles. The molecule has 6 nitrogen and oxygen atoms in total. The monoisotopic (exact) mass is 262 g/mol. The van der Waals surface area contributed by atoms with Crippen LogP contribution >= 0.6 is 0 Å². The molecule has 0 amide bonds. The minimum absolute atomic E-state index is 0.0755. The second kappa shape index (κ2) is 4.27. The topological polar surface area (TPSA) is 97.2 Å². The first kappa shape index (κ1) is 11.5. The van der Waals surface area contributed by atoms with Crippen molar-refractivity contribution >= 4 is 11.5 Å². The first-order valence-corrected chi connectivity index (χ1v) is 5.66. The summed E-state index contributed by atoms with van der Waals surface area (Å²) in [6, 6.07) is 4.55. The zero-order valence-corrected chi connectivity index (χ0v) is 9.80. The summed E-state index contributed by atoms with van der Waals surface area (Å²) in [6.07, 6.45) is 1.57. The molecule has 0 saturated heterocycles. The molecular formula is C12H11FN4O2. The summed E-state index contributed by atoms with van der Waals surface area (Å²) in [4.78, 5) is 0. The van der Waals surface area contributed by atoms with E-state index < -0.39 is 0 Å². The zero-order chi connectivity index (χ0) is 13.4. The van der Waals surface area contributed by atoms with Gasteiger partial charge >= 0.3 is 0 Å². The van der Waals surface area contributed by atoms with Crippen LogP contribution < -0.4 is 11.1 Å². The first-order chi connectivity index (χ1) is 9.19. The van der Waals surface area contributed by atoms with Crippen LogP contribution in [0.2, 0.25) is 0 Å². The summed E-state index contributed by atoms with van der Waals surface area (Å²) in [6.45, 7) is 0. The standard InChI is InChI=1S/C12H11FN4O2/c13-7-2-1-6-3-9(8(6)4-7)15-10(5-18)11-12(14)17-19-16-11/h1-2,4-5,9,15,18H,3H2,(H2,14,17)/b10-5-. The van der Waals surface area contributed by atoms with E-state index in [-0.39, 0.29) is 23.4 Å². The van der Waals surface area contributed by atoms with Crippen molar-refractivity contribution in [2.75, 3.05) is 5.73 Å². The van der Waals surface area contributed by atoms with Crippen molar-refractivity contribution in [2.45, 2.75) is 12.5 Å². The SMILES string of the molecule is Nc1nonc1/C(=C/O)NC1Cc2ccc(F)cc21. The number of nitrogens with one attached hydrogen (secondary N) is 1. The van der Waals surface area contributed by atoms with Crippen molar-refractivity contribution < 1.29 is 14.1 Å². The number of rotatable bonds is 3. The number of nitrogen functional groups attached to an aromatic ring is 1. The van der Waals surface area contributed by atoms with Crippen LogP contribution in [0.25, 0.3) is 5.70 Å². The van der Waals surface area contributed by atoms with Gasteiger partial charge in [0.05, 0.1) is 6.04 Å². The number of nitrogens with zero attached hydrogens (tertiary/aromatic N) is 2. The van der Waals surface area contributed by atoms with Crippen LogP contribution in [0.1, 0.15) is 22.9 Å². The molecule has 4 N–H and O–H groups in total. The Morgan fingerprint density at radius 1 is 1.53 bits per heavy atom. The molecule has 1 heterocycles. The summed E-state index contributed by atoms with van der Waals surface area (Å²) >= 11 is 0. The van der Waals surface area contributed by atoms with Crippen LogP contribution in [-0.4, -0.2) is 15.4 Å². The minimum Gasteiger partial charge on any atom is -0.513 e. The van der Waals surface area contributed by atoms with Crippen LogP contribution in [0.3, 0.4) is 0 Å². The highest BCUT2D eigenvalue weighted by Crippen LogP contribution is 2.35. The number of aromatic nitrogens is 2. The van der Waals surface area contributed by atoms with E-state index in [0.717, 1.165) is 23.8 Å². The number of nitrogens with two attached hydrogens (primary N) is 1. The largest absolute Gasteiger partial charge is 0.513 e. The van der Waals surface area contributed by atoms with Gasteiger partial charge in [-0.25, -0.2) is 9.02 Å². The Hall–Kier alpha value is -2.57. The lowest BCUT2D eigenvalue weighted by molar-refractivity contribution is 0.307. The van der Waals surface area contributed by atoms with Gasteiger partial charge in [0, 0.05) is 0 Å². The molecule has 2 aromatic rings. The van der Waals surface area contributed by atoms with Crippen molar-refractivity contribution in [1.29, 1.82) is 0 Å². The van der Waals surface area contributed by atoms with Gasteiger partial charge in [-0.15, -0.1) is 0 Å². The molecule has 1 aromatic carbocycles. The van der Waals surface area contributed by atoms with Crippen LogP contribution in [-0.2, 0) is 6.42 Å². The fraction of sp³-hybridized carbons (Fsp3) is 0.167. The molecule has 0 spiro atoms. The number of aliphatic hydroxyl groups excluding tert-OH is 1. The van der Waals surface area contributed by atoms with Gasteiger partial charge in [0.15, 0.2) is 11.5 Å². The molecule has 19 heavy (non-hydrogen) atoms. The number of anilines is 1. The van der Waals surface area contributed by atoms with E-state index in [1.165, 1.54) is 12.1 Å². The second-order valence-electron chi connectivity index (χ2n) is 4.29. The quantitative estimate of drug-likeness (QED) is 0.726. The number of aliphatic hydroxyl groups is 1. The predicted octanol–water partition coefficient (Wildman–Crippen LogP) is 1.53. The van der Waals surface area contributed by atoms with Gasteiger partial charge < -0.3 is 16.2 Å². The molecule has 1 aromatic heterocycles. The third-order valence-electron chi connectivity index (χ3n) is 3.14. The van der Waals surface area contributed by atoms with Crippen molar-refractivity contribution in [1.82, 2.24) is 15.6 Å². The molecule has 0 radical (unpaired) electrons. The summed E-state index contributed by atoms with van der Waals surface area (Å²) in [5, 5.41) is 19.3. The highest BCUT2D eigenvalue weighted by atomic mass is 19.1. The molecule has 0 bridgehead atoms. The Balaban J connectivity index is 1.82. The molecule has 3 rings (SSSR count). The van der Waals surface area contributed by atoms with E-state index in [0.29, 0.717) is 5.70 Å². The summed E-state index contributed by atoms with van der Waals surface area (Å²) in [7, 11) is 0. The summed E-state index contributed by atoms with van der Waals surface area (Å²) < 4.78 is 17.6. The summed E-state index contributed by atoms with van der Waals surface area (Å²) in [5.41, 5.74) is 8.00. The van der Waals surface area contributed by atoms with E-state index >= 15 is 0 Å². The Bertz CT molecular complexity index is 653. The zero-order valence-electron chi connectivity index (χ0n) is 9.80. The number of hydrogen-bond donors (Lipinski definition) is 3. The van der Waals surface area contributed by atoms with Gasteiger partial charge in [0.25, 0.3) is 0 Å². The number of hydrogen-bond acceptors (Lipinski definition) is 6. The Kier molecular flexibility index (Phi) is 2.59. The molecule has 0 saturated carbocycles. The van der Waals surface area contributed by atoms with E-state index in [4.69, 9.17) is 5.73 Å². The first-order valence-electron chi connectivity index (χ1n) is 5.66. The normalized spacial score (nSPS) is 17.7. The Morgan fingerprint density at radius 3 is 3.05 bits per heavy atom. The van der Waals surface area contributed by atoms with E-state index in [1.54, 1.807) is 6.07 Å². The number of halogens is 1. The van der Waals surface area contributed by atoms with Crippen LogP contribution in [0.15, 0.2) is 29.1 Å². The lowest BCUT2D eigenvalue weighted by Gasteiger charge is -2.31. The average molecular weight is 262 g/mol. The van der Waals surface area contributed by atoms with Crippen molar-refractivity contribution in [3.8, 4) is 0 Å². The van der Waals surface area contributed by atoms with Gasteiger partial charge in [0.2, 0.25) is 0 Å². The van der Waals surface area contributed by atoms with Gasteiger partial charge in [-0.05, 0) is 40.0 Å². The van der Waals surface area contributed by atoms with E-state index in [1.807, 2.05) is 0 Å². The maximum absolute atomic E-state index is 13.2. The third kappa shape index (κ3) is 1.88.